The third kappa shape index (κ3) is 5.04. The normalized spacial score (nSPS) is 14.6. The molecule has 1 aliphatic heterocycles. The molecule has 0 N–H and O–H groups in total. The number of hydrogen-bond donors (Lipinski definition) is 0. The van der Waals surface area contributed by atoms with E-state index in [0.29, 0.717) is 11.6 Å². The molecule has 0 radical (unpaired) electrons. The number of benzene rings is 3. The fourth-order valence-corrected chi connectivity index (χ4v) is 5.04. The van der Waals surface area contributed by atoms with Gasteiger partial charge in [-0.1, -0.05) is 41.9 Å². The Balaban J connectivity index is 1.39. The molecule has 0 unspecified atom stereocenters. The third-order valence-corrected chi connectivity index (χ3v) is 7.11. The molecule has 1 fully saturated rings. The fraction of sp³-hybridized carbons (Fsp3) is 0.0741. The smallest absolute Gasteiger partial charge is 0.293 e. The molecule has 0 atom stereocenters. The minimum Gasteiger partial charge on any atom is -0.342 e. The van der Waals surface area contributed by atoms with Crippen molar-refractivity contribution < 1.29 is 19.3 Å². The Morgan fingerprint density at radius 2 is 1.70 bits per heavy atom. The molecule has 3 aromatic carbocycles. The largest absolute Gasteiger partial charge is 0.342 e. The molecule has 5 rings (SSSR count). The van der Waals surface area contributed by atoms with Crippen LogP contribution >= 0.6 is 23.4 Å². The summed E-state index contributed by atoms with van der Waals surface area (Å²) in [4.78, 5) is 49.7. The van der Waals surface area contributed by atoms with Crippen LogP contribution in [0.2, 0.25) is 5.02 Å². The number of nitrogens with zero attached hydrogens (tertiary/aromatic N) is 3. The van der Waals surface area contributed by atoms with Gasteiger partial charge in [0.05, 0.1) is 16.4 Å². The molecule has 37 heavy (non-hydrogen) atoms. The maximum Gasteiger partial charge on any atom is 0.293 e. The van der Waals surface area contributed by atoms with Gasteiger partial charge in [-0.05, 0) is 53.7 Å². The first-order valence-electron chi connectivity index (χ1n) is 11.2. The van der Waals surface area contributed by atoms with E-state index in [-0.39, 0.29) is 16.2 Å². The first-order chi connectivity index (χ1) is 17.8. The SMILES string of the molecule is O=C(CN1C(=O)S/C(=C\c2cn(Cc3ccc(Cl)cc3)c3ccccc23)C1=O)c1ccc([N+](=O)[O-])cc1. The zero-order valence-electron chi connectivity index (χ0n) is 19.2. The summed E-state index contributed by atoms with van der Waals surface area (Å²) in [6, 6.07) is 20.4. The van der Waals surface area contributed by atoms with Gasteiger partial charge >= 0.3 is 0 Å². The molecular formula is C27H18ClN3O5S. The molecule has 2 heterocycles. The van der Waals surface area contributed by atoms with Crippen LogP contribution in [0, 0.1) is 10.1 Å². The van der Waals surface area contributed by atoms with Gasteiger partial charge in [0, 0.05) is 51.9 Å². The number of aromatic nitrogens is 1. The van der Waals surface area contributed by atoms with E-state index in [2.05, 4.69) is 4.57 Å². The second-order valence-electron chi connectivity index (χ2n) is 8.35. The summed E-state index contributed by atoms with van der Waals surface area (Å²) < 4.78 is 2.06. The van der Waals surface area contributed by atoms with Crippen LogP contribution in [-0.2, 0) is 11.3 Å². The van der Waals surface area contributed by atoms with E-state index >= 15 is 0 Å². The van der Waals surface area contributed by atoms with Crippen LogP contribution in [0.3, 0.4) is 0 Å². The van der Waals surface area contributed by atoms with Gasteiger partial charge in [0.2, 0.25) is 0 Å². The summed E-state index contributed by atoms with van der Waals surface area (Å²) in [7, 11) is 0. The van der Waals surface area contributed by atoms with Gasteiger partial charge < -0.3 is 4.57 Å². The average molecular weight is 532 g/mol. The van der Waals surface area contributed by atoms with Crippen LogP contribution < -0.4 is 0 Å². The van der Waals surface area contributed by atoms with E-state index in [9.17, 15) is 24.5 Å². The van der Waals surface area contributed by atoms with Crippen molar-refractivity contribution in [2.75, 3.05) is 6.54 Å². The lowest BCUT2D eigenvalue weighted by molar-refractivity contribution is -0.384. The van der Waals surface area contributed by atoms with Gasteiger partial charge in [-0.15, -0.1) is 0 Å². The van der Waals surface area contributed by atoms with Crippen LogP contribution in [-0.4, -0.2) is 37.9 Å². The Morgan fingerprint density at radius 1 is 1.00 bits per heavy atom. The number of nitro benzene ring substituents is 1. The number of amides is 2. The lowest BCUT2D eigenvalue weighted by Gasteiger charge is -2.11. The van der Waals surface area contributed by atoms with E-state index in [1.165, 1.54) is 24.3 Å². The lowest BCUT2D eigenvalue weighted by Crippen LogP contribution is -2.33. The standard InChI is InChI=1S/C27H18ClN3O5S/c28-20-9-5-17(6-10-20)14-29-15-19(22-3-1-2-4-23(22)29)13-25-26(33)30(27(34)37-25)16-24(32)18-7-11-21(12-8-18)31(35)36/h1-13,15H,14,16H2/b25-13-. The highest BCUT2D eigenvalue weighted by atomic mass is 35.5. The maximum atomic E-state index is 13.1. The number of para-hydroxylation sites is 1. The van der Waals surface area contributed by atoms with Gasteiger partial charge in [0.25, 0.3) is 16.8 Å². The van der Waals surface area contributed by atoms with Gasteiger partial charge in [0.1, 0.15) is 0 Å². The van der Waals surface area contributed by atoms with Crippen molar-refractivity contribution in [2.45, 2.75) is 6.54 Å². The van der Waals surface area contributed by atoms with Crippen LogP contribution in [0.15, 0.2) is 83.9 Å². The van der Waals surface area contributed by atoms with Crippen LogP contribution in [0.4, 0.5) is 10.5 Å². The van der Waals surface area contributed by atoms with Gasteiger partial charge in [-0.25, -0.2) is 0 Å². The zero-order chi connectivity index (χ0) is 26.1. The number of rotatable bonds is 7. The highest BCUT2D eigenvalue weighted by Gasteiger charge is 2.36. The van der Waals surface area contributed by atoms with E-state index in [0.717, 1.165) is 38.7 Å². The molecule has 0 spiro atoms. The molecule has 184 valence electrons. The quantitative estimate of drug-likeness (QED) is 0.122. The Kier molecular flexibility index (Phi) is 6.64. The predicted octanol–water partition coefficient (Wildman–Crippen LogP) is 6.17. The first-order valence-corrected chi connectivity index (χ1v) is 12.3. The maximum absolute atomic E-state index is 13.1. The van der Waals surface area contributed by atoms with Crippen molar-refractivity contribution in [3.8, 4) is 0 Å². The Bertz CT molecular complexity index is 1590. The topological polar surface area (TPSA) is 103 Å². The summed E-state index contributed by atoms with van der Waals surface area (Å²) in [6.07, 6.45) is 3.59. The molecule has 4 aromatic rings. The number of nitro groups is 1. The highest BCUT2D eigenvalue weighted by Crippen LogP contribution is 2.34. The number of fused-ring (bicyclic) bond motifs is 1. The number of carbonyl (C=O) groups is 3. The van der Waals surface area contributed by atoms with E-state index < -0.39 is 28.4 Å². The van der Waals surface area contributed by atoms with Crippen molar-refractivity contribution in [2.24, 2.45) is 0 Å². The second kappa shape index (κ2) is 10.0. The van der Waals surface area contributed by atoms with Gasteiger partial charge in [-0.3, -0.25) is 29.4 Å². The summed E-state index contributed by atoms with van der Waals surface area (Å²) in [5.74, 6) is -1.04. The van der Waals surface area contributed by atoms with E-state index in [1.807, 2.05) is 54.7 Å². The van der Waals surface area contributed by atoms with E-state index in [1.54, 1.807) is 6.08 Å². The van der Waals surface area contributed by atoms with Crippen LogP contribution in [0.5, 0.6) is 0 Å². The van der Waals surface area contributed by atoms with Gasteiger partial charge in [0.15, 0.2) is 5.78 Å². The zero-order valence-corrected chi connectivity index (χ0v) is 20.7. The summed E-state index contributed by atoms with van der Waals surface area (Å²) in [5, 5.41) is 11.9. The Morgan fingerprint density at radius 3 is 2.41 bits per heavy atom. The Labute approximate surface area is 220 Å². The summed E-state index contributed by atoms with van der Waals surface area (Å²) >= 11 is 6.78. The van der Waals surface area contributed by atoms with Crippen molar-refractivity contribution in [3.05, 3.63) is 116 Å². The van der Waals surface area contributed by atoms with Crippen molar-refractivity contribution >= 4 is 63.0 Å². The van der Waals surface area contributed by atoms with Crippen molar-refractivity contribution in [3.63, 3.8) is 0 Å². The van der Waals surface area contributed by atoms with E-state index in [4.69, 9.17) is 11.6 Å². The van der Waals surface area contributed by atoms with Gasteiger partial charge in [-0.2, -0.15) is 0 Å². The molecule has 10 heteroatoms. The number of hydrogen-bond acceptors (Lipinski definition) is 6. The molecular weight excluding hydrogens is 514 g/mol. The lowest BCUT2D eigenvalue weighted by atomic mass is 10.1. The molecule has 0 bridgehead atoms. The third-order valence-electron chi connectivity index (χ3n) is 5.95. The number of imide groups is 1. The minimum atomic E-state index is -0.568. The number of ketones is 1. The minimum absolute atomic E-state index is 0.152. The molecule has 1 aromatic heterocycles. The molecule has 1 aliphatic rings. The summed E-state index contributed by atoms with van der Waals surface area (Å²) in [6.45, 7) is 0.148. The van der Waals surface area contributed by atoms with Crippen LogP contribution in [0.25, 0.3) is 17.0 Å². The van der Waals surface area contributed by atoms with Crippen LogP contribution in [0.1, 0.15) is 21.5 Å². The molecule has 0 aliphatic carbocycles. The first kappa shape index (κ1) is 24.5. The molecule has 1 saturated heterocycles. The Hall–Kier alpha value is -4.21. The number of Topliss-reactive ketones (excluding diaryl/α,β-unsaturated/α-hetero) is 1. The number of halogens is 1. The predicted molar refractivity (Wildman–Crippen MR) is 143 cm³/mol. The number of carbonyl (C=O) groups excluding carboxylic acids is 3. The number of thioether (sulfide) groups is 1. The van der Waals surface area contributed by atoms with Crippen molar-refractivity contribution in [1.82, 2.24) is 9.47 Å². The fourth-order valence-electron chi connectivity index (χ4n) is 4.09. The average Bonchev–Trinajstić information content (AvgIpc) is 3.37. The monoisotopic (exact) mass is 531 g/mol. The molecule has 8 nitrogen and oxygen atoms in total. The van der Waals surface area contributed by atoms with Crippen molar-refractivity contribution in [1.29, 1.82) is 0 Å². The highest BCUT2D eigenvalue weighted by molar-refractivity contribution is 8.18. The molecule has 2 amide bonds. The second-order valence-corrected chi connectivity index (χ2v) is 9.78. The summed E-state index contributed by atoms with van der Waals surface area (Å²) in [5.41, 5.74) is 2.83. The molecule has 0 saturated carbocycles. The number of non-ortho nitro benzene ring substituents is 1.